The first-order valence-electron chi connectivity index (χ1n) is 5.45. The second-order valence-corrected chi connectivity index (χ2v) is 5.86. The molecule has 0 fully saturated rings. The molecule has 0 saturated carbocycles. The fraction of sp³-hybridized carbons (Fsp3) is 0.231. The summed E-state index contributed by atoms with van der Waals surface area (Å²) in [6.07, 6.45) is 0. The van der Waals surface area contributed by atoms with Gasteiger partial charge >= 0.3 is 0 Å². The van der Waals surface area contributed by atoms with E-state index in [1.807, 2.05) is 6.07 Å². The lowest BCUT2D eigenvalue weighted by Gasteiger charge is -2.07. The highest BCUT2D eigenvalue weighted by Crippen LogP contribution is 2.35. The van der Waals surface area contributed by atoms with Gasteiger partial charge in [0.1, 0.15) is 0 Å². The number of thiophene rings is 1. The van der Waals surface area contributed by atoms with Crippen LogP contribution in [0.15, 0.2) is 34.1 Å². The molecule has 0 atom stereocenters. The van der Waals surface area contributed by atoms with Crippen molar-refractivity contribution in [2.24, 2.45) is 0 Å². The molecule has 4 heteroatoms. The fourth-order valence-electron chi connectivity index (χ4n) is 1.61. The summed E-state index contributed by atoms with van der Waals surface area (Å²) in [7, 11) is 0. The zero-order chi connectivity index (χ0) is 12.3. The highest BCUT2D eigenvalue weighted by atomic mass is 79.9. The van der Waals surface area contributed by atoms with Crippen molar-refractivity contribution in [3.63, 3.8) is 0 Å². The van der Waals surface area contributed by atoms with Crippen LogP contribution in [0, 0.1) is 0 Å². The molecule has 2 aromatic rings. The van der Waals surface area contributed by atoms with Gasteiger partial charge in [-0.05, 0) is 57.2 Å². The monoisotopic (exact) mass is 329 g/mol. The van der Waals surface area contributed by atoms with Gasteiger partial charge in [-0.1, -0.05) is 24.6 Å². The Kier molecular flexibility index (Phi) is 4.62. The predicted octanol–water partition coefficient (Wildman–Crippen LogP) is 4.94. The Morgan fingerprint density at radius 1 is 1.35 bits per heavy atom. The van der Waals surface area contributed by atoms with E-state index in [0.29, 0.717) is 0 Å². The average Bonchev–Trinajstić information content (AvgIpc) is 2.75. The van der Waals surface area contributed by atoms with Gasteiger partial charge < -0.3 is 5.32 Å². The molecular weight excluding hydrogens is 318 g/mol. The lowest BCUT2D eigenvalue weighted by atomic mass is 10.1. The highest BCUT2D eigenvalue weighted by molar-refractivity contribution is 9.10. The molecule has 1 heterocycles. The minimum absolute atomic E-state index is 0.812. The lowest BCUT2D eigenvalue weighted by Crippen LogP contribution is -2.12. The van der Waals surface area contributed by atoms with Crippen LogP contribution in [0.4, 0.5) is 0 Å². The van der Waals surface area contributed by atoms with Crippen molar-refractivity contribution < 1.29 is 0 Å². The van der Waals surface area contributed by atoms with Gasteiger partial charge in [0.15, 0.2) is 0 Å². The number of hydrogen-bond donors (Lipinski definition) is 1. The van der Waals surface area contributed by atoms with Crippen molar-refractivity contribution in [3.8, 4) is 10.4 Å². The molecule has 0 amide bonds. The van der Waals surface area contributed by atoms with Crippen molar-refractivity contribution in [1.29, 1.82) is 0 Å². The minimum Gasteiger partial charge on any atom is -0.313 e. The number of hydrogen-bond acceptors (Lipinski definition) is 2. The van der Waals surface area contributed by atoms with Gasteiger partial charge in [0, 0.05) is 20.9 Å². The lowest BCUT2D eigenvalue weighted by molar-refractivity contribution is 0.727. The van der Waals surface area contributed by atoms with Crippen LogP contribution in [0.1, 0.15) is 12.5 Å². The normalized spacial score (nSPS) is 10.8. The zero-order valence-electron chi connectivity index (χ0n) is 9.47. The molecule has 0 saturated heterocycles. The second kappa shape index (κ2) is 6.01. The maximum absolute atomic E-state index is 6.18. The summed E-state index contributed by atoms with van der Waals surface area (Å²) >= 11 is 11.5. The van der Waals surface area contributed by atoms with Gasteiger partial charge in [0.2, 0.25) is 0 Å². The van der Waals surface area contributed by atoms with E-state index in [1.165, 1.54) is 10.4 Å². The number of benzene rings is 1. The third-order valence-corrected chi connectivity index (χ3v) is 4.75. The van der Waals surface area contributed by atoms with Crippen LogP contribution in [-0.4, -0.2) is 6.54 Å². The summed E-state index contributed by atoms with van der Waals surface area (Å²) in [6, 6.07) is 8.25. The summed E-state index contributed by atoms with van der Waals surface area (Å²) in [6.45, 7) is 3.85. The maximum Gasteiger partial charge on any atom is 0.0484 e. The molecule has 1 N–H and O–H groups in total. The molecule has 0 aliphatic heterocycles. The second-order valence-electron chi connectivity index (χ2n) is 3.68. The maximum atomic E-state index is 6.18. The van der Waals surface area contributed by atoms with Crippen LogP contribution < -0.4 is 5.32 Å². The summed E-state index contributed by atoms with van der Waals surface area (Å²) < 4.78 is 1.14. The van der Waals surface area contributed by atoms with E-state index in [1.54, 1.807) is 11.3 Å². The van der Waals surface area contributed by atoms with Crippen LogP contribution >= 0.6 is 38.9 Å². The molecule has 1 aromatic heterocycles. The summed E-state index contributed by atoms with van der Waals surface area (Å²) in [5, 5.41) is 6.20. The molecule has 0 spiro atoms. The Bertz CT molecular complexity index is 510. The van der Waals surface area contributed by atoms with E-state index in [2.05, 4.69) is 51.7 Å². The topological polar surface area (TPSA) is 12.0 Å². The van der Waals surface area contributed by atoms with Gasteiger partial charge in [-0.2, -0.15) is 0 Å². The minimum atomic E-state index is 0.812. The van der Waals surface area contributed by atoms with Crippen molar-refractivity contribution in [2.75, 3.05) is 6.54 Å². The Balaban J connectivity index is 2.34. The fourth-order valence-corrected chi connectivity index (χ4v) is 3.40. The Hall–Kier alpha value is -0.350. The third kappa shape index (κ3) is 3.10. The Labute approximate surface area is 119 Å². The molecule has 0 radical (unpaired) electrons. The molecule has 90 valence electrons. The predicted molar refractivity (Wildman–Crippen MR) is 79.8 cm³/mol. The quantitative estimate of drug-likeness (QED) is 0.837. The first-order chi connectivity index (χ1) is 8.22. The van der Waals surface area contributed by atoms with E-state index < -0.39 is 0 Å². The number of rotatable bonds is 4. The van der Waals surface area contributed by atoms with Gasteiger partial charge in [0.25, 0.3) is 0 Å². The summed E-state index contributed by atoms with van der Waals surface area (Å²) in [4.78, 5) is 1.25. The molecule has 0 bridgehead atoms. The first-order valence-corrected chi connectivity index (χ1v) is 7.50. The van der Waals surface area contributed by atoms with Crippen LogP contribution in [0.3, 0.4) is 0 Å². The highest BCUT2D eigenvalue weighted by Gasteiger charge is 2.07. The smallest absolute Gasteiger partial charge is 0.0484 e. The molecule has 0 unspecified atom stereocenters. The Morgan fingerprint density at radius 3 is 2.82 bits per heavy atom. The van der Waals surface area contributed by atoms with Crippen LogP contribution in [0.5, 0.6) is 0 Å². The van der Waals surface area contributed by atoms with Gasteiger partial charge in [0.05, 0.1) is 0 Å². The van der Waals surface area contributed by atoms with Crippen molar-refractivity contribution in [1.82, 2.24) is 5.32 Å². The third-order valence-electron chi connectivity index (χ3n) is 2.49. The zero-order valence-corrected chi connectivity index (χ0v) is 12.6. The van der Waals surface area contributed by atoms with E-state index in [9.17, 15) is 0 Å². The SMILES string of the molecule is CCNCc1cc(-c2sccc2Br)ccc1Cl. The first kappa shape index (κ1) is 13.1. The van der Waals surface area contributed by atoms with Crippen LogP contribution in [-0.2, 0) is 6.54 Å². The van der Waals surface area contributed by atoms with Crippen molar-refractivity contribution >= 4 is 38.9 Å². The molecule has 1 aromatic carbocycles. The Morgan fingerprint density at radius 2 is 2.18 bits per heavy atom. The average molecular weight is 331 g/mol. The molecule has 0 aliphatic rings. The van der Waals surface area contributed by atoms with Crippen LogP contribution in [0.25, 0.3) is 10.4 Å². The molecule has 17 heavy (non-hydrogen) atoms. The van der Waals surface area contributed by atoms with Crippen molar-refractivity contribution in [2.45, 2.75) is 13.5 Å². The number of nitrogens with one attached hydrogen (secondary N) is 1. The van der Waals surface area contributed by atoms with Gasteiger partial charge in [-0.3, -0.25) is 0 Å². The van der Waals surface area contributed by atoms with Crippen molar-refractivity contribution in [3.05, 3.63) is 44.7 Å². The van der Waals surface area contributed by atoms with Crippen LogP contribution in [0.2, 0.25) is 5.02 Å². The van der Waals surface area contributed by atoms with E-state index in [4.69, 9.17) is 11.6 Å². The largest absolute Gasteiger partial charge is 0.313 e. The van der Waals surface area contributed by atoms with Gasteiger partial charge in [-0.15, -0.1) is 11.3 Å². The standard InChI is InChI=1S/C13H13BrClNS/c1-2-16-8-10-7-9(3-4-12(10)15)13-11(14)5-6-17-13/h3-7,16H,2,8H2,1H3. The van der Waals surface area contributed by atoms with Gasteiger partial charge in [-0.25, -0.2) is 0 Å². The van der Waals surface area contributed by atoms with E-state index >= 15 is 0 Å². The molecule has 0 aliphatic carbocycles. The van der Waals surface area contributed by atoms with E-state index in [0.717, 1.165) is 28.1 Å². The number of halogens is 2. The van der Waals surface area contributed by atoms with E-state index in [-0.39, 0.29) is 0 Å². The summed E-state index contributed by atoms with van der Waals surface area (Å²) in [5.41, 5.74) is 2.36. The molecule has 1 nitrogen and oxygen atoms in total. The summed E-state index contributed by atoms with van der Waals surface area (Å²) in [5.74, 6) is 0. The molecular formula is C13H13BrClNS. The molecule has 2 rings (SSSR count).